The van der Waals surface area contributed by atoms with Gasteiger partial charge in [-0.3, -0.25) is 9.78 Å². The number of aromatic amines is 2. The number of benzene rings is 1. The molecule has 2 aromatic heterocycles. The van der Waals surface area contributed by atoms with Crippen LogP contribution < -0.4 is 11.2 Å². The van der Waals surface area contributed by atoms with Crippen molar-refractivity contribution in [2.24, 2.45) is 5.92 Å². The number of rotatable bonds is 2. The van der Waals surface area contributed by atoms with Crippen LogP contribution in [-0.2, 0) is 0 Å². The number of nitrogens with zero attached hydrogens (tertiary/aromatic N) is 3. The molecule has 2 atom stereocenters. The Hall–Kier alpha value is -3.75. The molecule has 1 aromatic carbocycles. The van der Waals surface area contributed by atoms with Crippen LogP contribution in [0.25, 0.3) is 11.3 Å². The average molecular weight is 408 g/mol. The summed E-state index contributed by atoms with van der Waals surface area (Å²) in [6, 6.07) is 7.64. The minimum absolute atomic E-state index is 0.0208. The molecule has 0 spiro atoms. The molecule has 1 aliphatic rings. The lowest BCUT2D eigenvalue weighted by Crippen LogP contribution is -2.23. The molecule has 0 aliphatic heterocycles. The van der Waals surface area contributed by atoms with E-state index in [1.165, 1.54) is 18.3 Å². The van der Waals surface area contributed by atoms with E-state index >= 15 is 0 Å². The quantitative estimate of drug-likeness (QED) is 0.632. The normalized spacial score (nSPS) is 17.1. The van der Waals surface area contributed by atoms with Crippen LogP contribution in [0.15, 0.2) is 40.1 Å². The summed E-state index contributed by atoms with van der Waals surface area (Å²) in [5.41, 5.74) is 0.373. The van der Waals surface area contributed by atoms with Gasteiger partial charge in [-0.25, -0.2) is 9.18 Å². The van der Waals surface area contributed by atoms with Gasteiger partial charge >= 0.3 is 5.69 Å². The van der Waals surface area contributed by atoms with Gasteiger partial charge < -0.3 is 4.98 Å². The largest absolute Gasteiger partial charge is 0.325 e. The van der Waals surface area contributed by atoms with Crippen LogP contribution in [-0.4, -0.2) is 20.2 Å². The van der Waals surface area contributed by atoms with E-state index in [1.54, 1.807) is 6.07 Å². The van der Waals surface area contributed by atoms with Crippen LogP contribution >= 0.6 is 11.6 Å². The van der Waals surface area contributed by atoms with Crippen LogP contribution in [0.4, 0.5) is 4.39 Å². The van der Waals surface area contributed by atoms with Gasteiger partial charge in [-0.1, -0.05) is 23.4 Å². The maximum atomic E-state index is 13.9. The van der Waals surface area contributed by atoms with Gasteiger partial charge in [0.2, 0.25) is 0 Å². The Morgan fingerprint density at radius 1 is 1.24 bits per heavy atom. The van der Waals surface area contributed by atoms with E-state index in [1.807, 2.05) is 6.07 Å². The first kappa shape index (κ1) is 18.6. The average Bonchev–Trinajstić information content (AvgIpc) is 3.47. The highest BCUT2D eigenvalue weighted by Gasteiger charge is 2.39. The Balaban J connectivity index is 1.59. The molecule has 29 heavy (non-hydrogen) atoms. The third-order valence-corrected chi connectivity index (χ3v) is 4.85. The van der Waals surface area contributed by atoms with Crippen LogP contribution in [0, 0.1) is 34.9 Å². The fourth-order valence-electron chi connectivity index (χ4n) is 2.94. The van der Waals surface area contributed by atoms with Gasteiger partial charge in [-0.2, -0.15) is 5.26 Å². The van der Waals surface area contributed by atoms with Crippen molar-refractivity contribution in [1.29, 1.82) is 5.26 Å². The van der Waals surface area contributed by atoms with Gasteiger partial charge in [-0.15, -0.1) is 10.2 Å². The Morgan fingerprint density at radius 3 is 2.79 bits per heavy atom. The monoisotopic (exact) mass is 407 g/mol. The molecule has 0 amide bonds. The Bertz CT molecular complexity index is 1350. The lowest BCUT2D eigenvalue weighted by atomic mass is 10.1. The zero-order valence-corrected chi connectivity index (χ0v) is 15.4. The van der Waals surface area contributed by atoms with E-state index in [9.17, 15) is 14.0 Å². The smallest absolute Gasteiger partial charge is 0.313 e. The van der Waals surface area contributed by atoms with Crippen molar-refractivity contribution >= 4 is 11.6 Å². The van der Waals surface area contributed by atoms with Crippen molar-refractivity contribution in [3.8, 4) is 29.2 Å². The van der Waals surface area contributed by atoms with Gasteiger partial charge in [0, 0.05) is 18.0 Å². The molecule has 0 radical (unpaired) electrons. The fourth-order valence-corrected chi connectivity index (χ4v) is 3.17. The van der Waals surface area contributed by atoms with Gasteiger partial charge in [0.1, 0.15) is 11.5 Å². The lowest BCUT2D eigenvalue weighted by molar-refractivity contribution is 0.624. The number of nitriles is 1. The fraction of sp³-hybridized carbons (Fsp3) is 0.150. The molecular weight excluding hydrogens is 397 g/mol. The van der Waals surface area contributed by atoms with Gasteiger partial charge in [0.25, 0.3) is 5.56 Å². The van der Waals surface area contributed by atoms with Crippen molar-refractivity contribution in [3.05, 3.63) is 79.0 Å². The molecule has 2 heterocycles. The molecule has 7 nitrogen and oxygen atoms in total. The highest BCUT2D eigenvalue weighted by atomic mass is 35.5. The first-order chi connectivity index (χ1) is 14.0. The highest BCUT2D eigenvalue weighted by Crippen LogP contribution is 2.49. The van der Waals surface area contributed by atoms with Gasteiger partial charge in [0.15, 0.2) is 5.15 Å². The zero-order valence-electron chi connectivity index (χ0n) is 14.7. The number of aromatic nitrogens is 4. The zero-order chi connectivity index (χ0) is 20.5. The number of halogens is 2. The summed E-state index contributed by atoms with van der Waals surface area (Å²) in [6.07, 6.45) is 1.97. The molecule has 1 aliphatic carbocycles. The second-order valence-electron chi connectivity index (χ2n) is 6.49. The van der Waals surface area contributed by atoms with E-state index in [0.29, 0.717) is 12.0 Å². The molecular formula is C20H11ClFN5O2. The lowest BCUT2D eigenvalue weighted by Gasteiger charge is -2.04. The van der Waals surface area contributed by atoms with Crippen molar-refractivity contribution in [1.82, 2.24) is 20.2 Å². The van der Waals surface area contributed by atoms with E-state index in [-0.39, 0.29) is 39.4 Å². The molecule has 9 heteroatoms. The van der Waals surface area contributed by atoms with Gasteiger partial charge in [-0.05, 0) is 36.2 Å². The van der Waals surface area contributed by atoms with Crippen LogP contribution in [0.5, 0.6) is 0 Å². The minimum atomic E-state index is -0.617. The standard InChI is InChI=1S/C20H11ClFN5O2/c21-18-14(7-17(26-27-18)15-9-24-20(29)25-19(15)28)13-6-12(13)4-3-11-2-1-10(8-23)5-16(11)22/h1-2,5,7,9,12-13H,6H2,(H2,24,25,28,29)/t12-,13-/m0/s1. The highest BCUT2D eigenvalue weighted by molar-refractivity contribution is 6.30. The maximum absolute atomic E-state index is 13.9. The molecule has 0 saturated heterocycles. The van der Waals surface area contributed by atoms with Crippen molar-refractivity contribution in [2.45, 2.75) is 12.3 Å². The minimum Gasteiger partial charge on any atom is -0.313 e. The second kappa shape index (κ2) is 7.34. The van der Waals surface area contributed by atoms with Gasteiger partial charge in [0.05, 0.1) is 22.8 Å². The molecule has 0 bridgehead atoms. The van der Waals surface area contributed by atoms with Crippen LogP contribution in [0.1, 0.15) is 29.0 Å². The molecule has 2 N–H and O–H groups in total. The summed E-state index contributed by atoms with van der Waals surface area (Å²) in [7, 11) is 0. The molecule has 142 valence electrons. The summed E-state index contributed by atoms with van der Waals surface area (Å²) in [5, 5.41) is 16.8. The van der Waals surface area contributed by atoms with Crippen molar-refractivity contribution in [2.75, 3.05) is 0 Å². The number of hydrogen-bond donors (Lipinski definition) is 2. The molecule has 0 unspecified atom stereocenters. The number of H-pyrrole nitrogens is 2. The Labute approximate surface area is 168 Å². The number of hydrogen-bond acceptors (Lipinski definition) is 5. The third-order valence-electron chi connectivity index (χ3n) is 4.55. The van der Waals surface area contributed by atoms with E-state index in [4.69, 9.17) is 16.9 Å². The molecule has 1 saturated carbocycles. The summed E-state index contributed by atoms with van der Waals surface area (Å²) < 4.78 is 13.9. The summed E-state index contributed by atoms with van der Waals surface area (Å²) >= 11 is 6.17. The summed E-state index contributed by atoms with van der Waals surface area (Å²) in [6.45, 7) is 0. The van der Waals surface area contributed by atoms with E-state index < -0.39 is 17.1 Å². The van der Waals surface area contributed by atoms with Crippen molar-refractivity contribution in [3.63, 3.8) is 0 Å². The summed E-state index contributed by atoms with van der Waals surface area (Å²) in [4.78, 5) is 27.7. The maximum Gasteiger partial charge on any atom is 0.325 e. The SMILES string of the molecule is N#Cc1ccc(C#C[C@H]2C[C@@H]2c2cc(-c3c[nH]c(=O)[nH]c3=O)nnc2Cl)c(F)c1. The predicted octanol–water partition coefficient (Wildman–Crippen LogP) is 2.34. The summed E-state index contributed by atoms with van der Waals surface area (Å²) in [5.74, 6) is 5.20. The topological polar surface area (TPSA) is 115 Å². The van der Waals surface area contributed by atoms with E-state index in [2.05, 4.69) is 32.0 Å². The first-order valence-corrected chi connectivity index (χ1v) is 8.90. The first-order valence-electron chi connectivity index (χ1n) is 8.53. The van der Waals surface area contributed by atoms with E-state index in [0.717, 1.165) is 6.07 Å². The van der Waals surface area contributed by atoms with Crippen LogP contribution in [0.2, 0.25) is 5.15 Å². The molecule has 3 aromatic rings. The van der Waals surface area contributed by atoms with Crippen LogP contribution in [0.3, 0.4) is 0 Å². The molecule has 4 rings (SSSR count). The molecule has 1 fully saturated rings. The Morgan fingerprint density at radius 2 is 2.07 bits per heavy atom. The predicted molar refractivity (Wildman–Crippen MR) is 103 cm³/mol. The number of nitrogens with one attached hydrogen (secondary N) is 2. The second-order valence-corrected chi connectivity index (χ2v) is 6.84. The van der Waals surface area contributed by atoms with Crippen molar-refractivity contribution < 1.29 is 4.39 Å². The Kier molecular flexibility index (Phi) is 4.71. The third kappa shape index (κ3) is 3.79.